The first-order valence-electron chi connectivity index (χ1n) is 6.08. The van der Waals surface area contributed by atoms with Crippen molar-refractivity contribution in [2.24, 2.45) is 0 Å². The second kappa shape index (κ2) is 5.10. The standard InChI is InChI=1S/C15H16N2O2/c1-4-14(18)16-10-11(3)17(15(19)5-2)13-9-7-6-8-12(13)16/h4-9,11H,1-2,10H2,3H3. The summed E-state index contributed by atoms with van der Waals surface area (Å²) in [4.78, 5) is 27.2. The lowest BCUT2D eigenvalue weighted by Gasteiger charge is -2.40. The van der Waals surface area contributed by atoms with Gasteiger partial charge in [-0.05, 0) is 31.2 Å². The van der Waals surface area contributed by atoms with Crippen molar-refractivity contribution >= 4 is 23.2 Å². The lowest BCUT2D eigenvalue weighted by atomic mass is 10.1. The molecule has 0 N–H and O–H groups in total. The van der Waals surface area contributed by atoms with Gasteiger partial charge in [-0.15, -0.1) is 0 Å². The fourth-order valence-electron chi connectivity index (χ4n) is 2.33. The molecule has 0 radical (unpaired) electrons. The minimum atomic E-state index is -0.162. The lowest BCUT2D eigenvalue weighted by molar-refractivity contribution is -0.116. The molecule has 0 bridgehead atoms. The Labute approximate surface area is 112 Å². The molecule has 0 fully saturated rings. The van der Waals surface area contributed by atoms with Crippen LogP contribution < -0.4 is 9.80 Å². The Hall–Kier alpha value is -2.36. The van der Waals surface area contributed by atoms with Crippen LogP contribution in [-0.4, -0.2) is 24.4 Å². The van der Waals surface area contributed by atoms with E-state index in [9.17, 15) is 9.59 Å². The number of amides is 2. The van der Waals surface area contributed by atoms with E-state index in [4.69, 9.17) is 0 Å². The van der Waals surface area contributed by atoms with Crippen LogP contribution in [0.15, 0.2) is 49.6 Å². The van der Waals surface area contributed by atoms with E-state index >= 15 is 0 Å². The smallest absolute Gasteiger partial charge is 0.250 e. The highest BCUT2D eigenvalue weighted by Crippen LogP contribution is 2.35. The normalized spacial score (nSPS) is 17.6. The highest BCUT2D eigenvalue weighted by Gasteiger charge is 2.32. The van der Waals surface area contributed by atoms with Crippen molar-refractivity contribution in [3.63, 3.8) is 0 Å². The van der Waals surface area contributed by atoms with Gasteiger partial charge in [-0.25, -0.2) is 0 Å². The maximum absolute atomic E-state index is 12.0. The van der Waals surface area contributed by atoms with E-state index in [0.717, 1.165) is 11.4 Å². The minimum Gasteiger partial charge on any atom is -0.305 e. The van der Waals surface area contributed by atoms with E-state index in [2.05, 4.69) is 13.2 Å². The Balaban J connectivity index is 2.54. The molecule has 1 aromatic rings. The summed E-state index contributed by atoms with van der Waals surface area (Å²) in [6, 6.07) is 7.23. The van der Waals surface area contributed by atoms with Crippen LogP contribution in [0.5, 0.6) is 0 Å². The molecule has 1 atom stereocenters. The molecule has 1 aliphatic rings. The Morgan fingerprint density at radius 1 is 1.16 bits per heavy atom. The molecular formula is C15H16N2O2. The molecule has 2 rings (SSSR count). The van der Waals surface area contributed by atoms with E-state index in [1.54, 1.807) is 9.80 Å². The number of carbonyl (C=O) groups excluding carboxylic acids is 2. The number of hydrogen-bond donors (Lipinski definition) is 0. The molecule has 1 unspecified atom stereocenters. The number of hydrogen-bond acceptors (Lipinski definition) is 2. The quantitative estimate of drug-likeness (QED) is 0.760. The maximum Gasteiger partial charge on any atom is 0.250 e. The van der Waals surface area contributed by atoms with Gasteiger partial charge < -0.3 is 9.80 Å². The van der Waals surface area contributed by atoms with Gasteiger partial charge in [0.1, 0.15) is 0 Å². The molecule has 2 amide bonds. The van der Waals surface area contributed by atoms with Crippen molar-refractivity contribution in [2.75, 3.05) is 16.3 Å². The summed E-state index contributed by atoms with van der Waals surface area (Å²) in [5, 5.41) is 0. The van der Waals surface area contributed by atoms with Crippen LogP contribution in [0, 0.1) is 0 Å². The molecule has 0 saturated carbocycles. The zero-order valence-electron chi connectivity index (χ0n) is 10.9. The monoisotopic (exact) mass is 256 g/mol. The average Bonchev–Trinajstić information content (AvgIpc) is 2.44. The third-order valence-corrected chi connectivity index (χ3v) is 3.17. The molecule has 0 aliphatic carbocycles. The van der Waals surface area contributed by atoms with Gasteiger partial charge in [-0.3, -0.25) is 9.59 Å². The third kappa shape index (κ3) is 2.17. The highest BCUT2D eigenvalue weighted by atomic mass is 16.2. The van der Waals surface area contributed by atoms with Crippen LogP contribution in [0.4, 0.5) is 11.4 Å². The SMILES string of the molecule is C=CC(=O)N1CC(C)N(C(=O)C=C)c2ccccc21. The van der Waals surface area contributed by atoms with Crippen LogP contribution in [0.1, 0.15) is 6.92 Å². The topological polar surface area (TPSA) is 40.6 Å². The van der Waals surface area contributed by atoms with Crippen molar-refractivity contribution in [2.45, 2.75) is 13.0 Å². The summed E-state index contributed by atoms with van der Waals surface area (Å²) in [5.74, 6) is -0.323. The Bertz CT molecular complexity index is 551. The second-order valence-corrected chi connectivity index (χ2v) is 4.40. The van der Waals surface area contributed by atoms with Gasteiger partial charge in [0.2, 0.25) is 0 Å². The van der Waals surface area contributed by atoms with Gasteiger partial charge in [-0.1, -0.05) is 25.3 Å². The Morgan fingerprint density at radius 2 is 1.74 bits per heavy atom. The fraction of sp³-hybridized carbons (Fsp3) is 0.200. The molecule has 0 aromatic heterocycles. The van der Waals surface area contributed by atoms with Crippen molar-refractivity contribution in [3.8, 4) is 0 Å². The summed E-state index contributed by atoms with van der Waals surface area (Å²) in [5.41, 5.74) is 1.45. The summed E-state index contributed by atoms with van der Waals surface area (Å²) in [6.45, 7) is 9.39. The number of rotatable bonds is 2. The number of para-hydroxylation sites is 2. The predicted molar refractivity (Wildman–Crippen MR) is 76.1 cm³/mol. The average molecular weight is 256 g/mol. The number of anilines is 2. The summed E-state index contributed by atoms with van der Waals surface area (Å²) in [7, 11) is 0. The molecule has 1 heterocycles. The number of benzene rings is 1. The van der Waals surface area contributed by atoms with Crippen LogP contribution in [-0.2, 0) is 9.59 Å². The van der Waals surface area contributed by atoms with E-state index in [0.29, 0.717) is 6.54 Å². The van der Waals surface area contributed by atoms with Crippen molar-refractivity contribution in [3.05, 3.63) is 49.6 Å². The molecule has 0 saturated heterocycles. The first kappa shape index (κ1) is 13.1. The Kier molecular flexibility index (Phi) is 3.51. The predicted octanol–water partition coefficient (Wildman–Crippen LogP) is 2.13. The van der Waals surface area contributed by atoms with Gasteiger partial charge >= 0.3 is 0 Å². The Morgan fingerprint density at radius 3 is 2.32 bits per heavy atom. The third-order valence-electron chi connectivity index (χ3n) is 3.17. The molecule has 98 valence electrons. The molecule has 1 aromatic carbocycles. The first-order chi connectivity index (χ1) is 9.10. The van der Waals surface area contributed by atoms with E-state index < -0.39 is 0 Å². The molecular weight excluding hydrogens is 240 g/mol. The lowest BCUT2D eigenvalue weighted by Crippen LogP contribution is -2.51. The van der Waals surface area contributed by atoms with Gasteiger partial charge in [-0.2, -0.15) is 0 Å². The number of fused-ring (bicyclic) bond motifs is 1. The van der Waals surface area contributed by atoms with E-state index in [1.807, 2.05) is 31.2 Å². The van der Waals surface area contributed by atoms with Gasteiger partial charge in [0.25, 0.3) is 11.8 Å². The summed E-state index contributed by atoms with van der Waals surface area (Å²) < 4.78 is 0. The van der Waals surface area contributed by atoms with Gasteiger partial charge in [0, 0.05) is 6.54 Å². The fourth-order valence-corrected chi connectivity index (χ4v) is 2.33. The van der Waals surface area contributed by atoms with Crippen LogP contribution in [0.3, 0.4) is 0 Å². The van der Waals surface area contributed by atoms with Gasteiger partial charge in [0.05, 0.1) is 17.4 Å². The highest BCUT2D eigenvalue weighted by molar-refractivity contribution is 6.10. The van der Waals surface area contributed by atoms with E-state index in [-0.39, 0.29) is 17.9 Å². The molecule has 0 spiro atoms. The first-order valence-corrected chi connectivity index (χ1v) is 6.08. The molecule has 19 heavy (non-hydrogen) atoms. The second-order valence-electron chi connectivity index (χ2n) is 4.40. The zero-order valence-corrected chi connectivity index (χ0v) is 10.9. The summed E-state index contributed by atoms with van der Waals surface area (Å²) in [6.07, 6.45) is 2.58. The van der Waals surface area contributed by atoms with Gasteiger partial charge in [0.15, 0.2) is 0 Å². The van der Waals surface area contributed by atoms with E-state index in [1.165, 1.54) is 12.2 Å². The zero-order chi connectivity index (χ0) is 14.0. The van der Waals surface area contributed by atoms with Crippen molar-refractivity contribution in [1.29, 1.82) is 0 Å². The van der Waals surface area contributed by atoms with Crippen molar-refractivity contribution in [1.82, 2.24) is 0 Å². The largest absolute Gasteiger partial charge is 0.305 e. The summed E-state index contributed by atoms with van der Waals surface area (Å²) >= 11 is 0. The van der Waals surface area contributed by atoms with Crippen LogP contribution in [0.25, 0.3) is 0 Å². The molecule has 1 aliphatic heterocycles. The number of carbonyl (C=O) groups is 2. The molecule has 4 heteroatoms. The van der Waals surface area contributed by atoms with Crippen LogP contribution in [0.2, 0.25) is 0 Å². The van der Waals surface area contributed by atoms with Crippen LogP contribution >= 0.6 is 0 Å². The maximum atomic E-state index is 12.0. The molecule has 4 nitrogen and oxygen atoms in total. The number of nitrogens with zero attached hydrogens (tertiary/aromatic N) is 2. The van der Waals surface area contributed by atoms with Crippen molar-refractivity contribution < 1.29 is 9.59 Å². The minimum absolute atomic E-state index is 0.107.